The maximum absolute atomic E-state index is 12.5. The first-order valence-corrected chi connectivity index (χ1v) is 3.90. The van der Waals surface area contributed by atoms with Crippen LogP contribution < -0.4 is 5.32 Å². The molecule has 0 bridgehead atoms. The summed E-state index contributed by atoms with van der Waals surface area (Å²) >= 11 is 0. The fraction of sp³-hybridized carbons (Fsp3) is 0.429. The van der Waals surface area contributed by atoms with E-state index in [1.165, 1.54) is 12.4 Å². The summed E-state index contributed by atoms with van der Waals surface area (Å²) in [5.74, 6) is -8.13. The standard InChI is InChI=1S/C7H6F5N3O/c1-15-4(2-3-13-15)14-5(16)6(8,9)7(10,11)12/h2-3H,1H3,(H,14,16). The predicted molar refractivity (Wildman–Crippen MR) is 42.8 cm³/mol. The zero-order valence-electron chi connectivity index (χ0n) is 7.85. The summed E-state index contributed by atoms with van der Waals surface area (Å²) in [7, 11) is 1.28. The van der Waals surface area contributed by atoms with E-state index in [-0.39, 0.29) is 5.82 Å². The molecule has 0 unspecified atom stereocenters. The molecule has 90 valence electrons. The molecule has 0 aromatic carbocycles. The van der Waals surface area contributed by atoms with Crippen molar-refractivity contribution >= 4 is 11.7 Å². The number of nitrogens with one attached hydrogen (secondary N) is 1. The van der Waals surface area contributed by atoms with Gasteiger partial charge < -0.3 is 5.32 Å². The minimum absolute atomic E-state index is 0.256. The van der Waals surface area contributed by atoms with Gasteiger partial charge in [-0.3, -0.25) is 9.48 Å². The topological polar surface area (TPSA) is 46.9 Å². The molecule has 0 aliphatic rings. The van der Waals surface area contributed by atoms with Crippen LogP contribution in [-0.4, -0.2) is 27.8 Å². The second-order valence-electron chi connectivity index (χ2n) is 2.87. The van der Waals surface area contributed by atoms with Crippen molar-refractivity contribution in [2.45, 2.75) is 12.1 Å². The molecule has 1 aromatic heterocycles. The molecule has 16 heavy (non-hydrogen) atoms. The van der Waals surface area contributed by atoms with E-state index in [0.717, 1.165) is 16.9 Å². The van der Waals surface area contributed by atoms with E-state index in [4.69, 9.17) is 0 Å². The third-order valence-electron chi connectivity index (χ3n) is 1.70. The van der Waals surface area contributed by atoms with Crippen LogP contribution in [0.3, 0.4) is 0 Å². The summed E-state index contributed by atoms with van der Waals surface area (Å²) in [4.78, 5) is 10.7. The van der Waals surface area contributed by atoms with E-state index in [0.29, 0.717) is 0 Å². The Kier molecular flexibility index (Phi) is 2.89. The van der Waals surface area contributed by atoms with Crippen LogP contribution in [0.1, 0.15) is 0 Å². The first kappa shape index (κ1) is 12.4. The molecule has 0 saturated heterocycles. The van der Waals surface area contributed by atoms with Gasteiger partial charge in [0.25, 0.3) is 0 Å². The van der Waals surface area contributed by atoms with Gasteiger partial charge in [-0.15, -0.1) is 0 Å². The molecule has 1 amide bonds. The highest BCUT2D eigenvalue weighted by molar-refractivity contribution is 5.96. The summed E-state index contributed by atoms with van der Waals surface area (Å²) in [6, 6.07) is 1.09. The van der Waals surface area contributed by atoms with Crippen LogP contribution in [0.2, 0.25) is 0 Å². The largest absolute Gasteiger partial charge is 0.463 e. The average Bonchev–Trinajstić information content (AvgIpc) is 2.49. The fourth-order valence-corrected chi connectivity index (χ4v) is 0.820. The van der Waals surface area contributed by atoms with Gasteiger partial charge in [-0.2, -0.15) is 27.1 Å². The van der Waals surface area contributed by atoms with Crippen LogP contribution in [0.25, 0.3) is 0 Å². The van der Waals surface area contributed by atoms with E-state index in [2.05, 4.69) is 5.10 Å². The number of nitrogens with zero attached hydrogens (tertiary/aromatic N) is 2. The Hall–Kier alpha value is -1.67. The van der Waals surface area contributed by atoms with Crippen LogP contribution in [0, 0.1) is 0 Å². The number of aromatic nitrogens is 2. The highest BCUT2D eigenvalue weighted by Gasteiger charge is 2.63. The molecule has 1 N–H and O–H groups in total. The van der Waals surface area contributed by atoms with Crippen LogP contribution in [0.4, 0.5) is 27.8 Å². The minimum atomic E-state index is -5.92. The second kappa shape index (κ2) is 3.72. The van der Waals surface area contributed by atoms with E-state index < -0.39 is 18.0 Å². The molecular weight excluding hydrogens is 237 g/mol. The second-order valence-corrected chi connectivity index (χ2v) is 2.87. The molecular formula is C7H6F5N3O. The van der Waals surface area contributed by atoms with Crippen LogP contribution in [0.5, 0.6) is 0 Å². The lowest BCUT2D eigenvalue weighted by molar-refractivity contribution is -0.267. The van der Waals surface area contributed by atoms with Crippen molar-refractivity contribution < 1.29 is 26.7 Å². The summed E-state index contributed by atoms with van der Waals surface area (Å²) in [6.07, 6.45) is -4.78. The smallest absolute Gasteiger partial charge is 0.305 e. The van der Waals surface area contributed by atoms with Crippen molar-refractivity contribution in [3.63, 3.8) is 0 Å². The number of rotatable bonds is 2. The van der Waals surface area contributed by atoms with Crippen molar-refractivity contribution in [2.24, 2.45) is 7.05 Å². The molecule has 9 heteroatoms. The number of carbonyl (C=O) groups excluding carboxylic acids is 1. The first-order chi connectivity index (χ1) is 7.16. The quantitative estimate of drug-likeness (QED) is 0.801. The van der Waals surface area contributed by atoms with Gasteiger partial charge in [-0.25, -0.2) is 0 Å². The molecule has 0 saturated carbocycles. The third-order valence-corrected chi connectivity index (χ3v) is 1.70. The molecule has 0 spiro atoms. The highest BCUT2D eigenvalue weighted by atomic mass is 19.4. The summed E-state index contributed by atoms with van der Waals surface area (Å²) < 4.78 is 61.3. The lowest BCUT2D eigenvalue weighted by Gasteiger charge is -2.18. The SMILES string of the molecule is Cn1nccc1NC(=O)C(F)(F)C(F)(F)F. The van der Waals surface area contributed by atoms with Gasteiger partial charge in [-0.05, 0) is 0 Å². The average molecular weight is 243 g/mol. The van der Waals surface area contributed by atoms with E-state index in [1.807, 2.05) is 0 Å². The van der Waals surface area contributed by atoms with Crippen molar-refractivity contribution in [1.29, 1.82) is 0 Å². The molecule has 1 heterocycles. The summed E-state index contributed by atoms with van der Waals surface area (Å²) in [5.41, 5.74) is 0. The molecule has 1 rings (SSSR count). The Morgan fingerprint density at radius 2 is 1.94 bits per heavy atom. The van der Waals surface area contributed by atoms with Gasteiger partial charge in [-0.1, -0.05) is 0 Å². The van der Waals surface area contributed by atoms with Gasteiger partial charge in [0.05, 0.1) is 6.20 Å². The lowest BCUT2D eigenvalue weighted by Crippen LogP contribution is -2.47. The van der Waals surface area contributed by atoms with Crippen molar-refractivity contribution in [2.75, 3.05) is 5.32 Å². The fourth-order valence-electron chi connectivity index (χ4n) is 0.820. The van der Waals surface area contributed by atoms with Gasteiger partial charge >= 0.3 is 18.0 Å². The Balaban J connectivity index is 2.85. The highest BCUT2D eigenvalue weighted by Crippen LogP contribution is 2.36. The number of hydrogen-bond acceptors (Lipinski definition) is 2. The van der Waals surface area contributed by atoms with Gasteiger partial charge in [0.15, 0.2) is 0 Å². The number of amides is 1. The molecule has 0 aliphatic heterocycles. The van der Waals surface area contributed by atoms with Crippen molar-refractivity contribution in [1.82, 2.24) is 9.78 Å². The number of carbonyl (C=O) groups is 1. The predicted octanol–water partition coefficient (Wildman–Crippen LogP) is 1.56. The van der Waals surface area contributed by atoms with E-state index >= 15 is 0 Å². The van der Waals surface area contributed by atoms with Crippen LogP contribution >= 0.6 is 0 Å². The zero-order valence-corrected chi connectivity index (χ0v) is 7.85. The van der Waals surface area contributed by atoms with E-state index in [9.17, 15) is 26.7 Å². The Morgan fingerprint density at radius 1 is 1.38 bits per heavy atom. The first-order valence-electron chi connectivity index (χ1n) is 3.90. The third kappa shape index (κ3) is 2.12. The Labute approximate surface area is 86.0 Å². The molecule has 0 fully saturated rings. The maximum Gasteiger partial charge on any atom is 0.463 e. The number of halogens is 5. The lowest BCUT2D eigenvalue weighted by atomic mass is 10.3. The number of anilines is 1. The minimum Gasteiger partial charge on any atom is -0.305 e. The zero-order chi connectivity index (χ0) is 12.6. The molecule has 0 radical (unpaired) electrons. The molecule has 0 atom stereocenters. The normalized spacial score (nSPS) is 12.6. The van der Waals surface area contributed by atoms with Gasteiger partial charge in [0.1, 0.15) is 5.82 Å². The molecule has 1 aromatic rings. The van der Waals surface area contributed by atoms with Crippen LogP contribution in [-0.2, 0) is 11.8 Å². The number of alkyl halides is 5. The summed E-state index contributed by atoms with van der Waals surface area (Å²) in [5, 5.41) is 4.92. The number of aryl methyl sites for hydroxylation is 1. The van der Waals surface area contributed by atoms with Crippen molar-refractivity contribution in [3.8, 4) is 0 Å². The Morgan fingerprint density at radius 3 is 2.31 bits per heavy atom. The van der Waals surface area contributed by atoms with Crippen molar-refractivity contribution in [3.05, 3.63) is 12.3 Å². The number of hydrogen-bond donors (Lipinski definition) is 1. The molecule has 4 nitrogen and oxygen atoms in total. The maximum atomic E-state index is 12.5. The summed E-state index contributed by atoms with van der Waals surface area (Å²) in [6.45, 7) is 0. The Bertz CT molecular complexity index is 397. The van der Waals surface area contributed by atoms with Gasteiger partial charge in [0.2, 0.25) is 0 Å². The monoisotopic (exact) mass is 243 g/mol. The van der Waals surface area contributed by atoms with Gasteiger partial charge in [0, 0.05) is 13.1 Å². The van der Waals surface area contributed by atoms with E-state index in [1.54, 1.807) is 0 Å². The van der Waals surface area contributed by atoms with Crippen LogP contribution in [0.15, 0.2) is 12.3 Å². The molecule has 0 aliphatic carbocycles.